The van der Waals surface area contributed by atoms with Gasteiger partial charge in [0.1, 0.15) is 29.8 Å². The predicted molar refractivity (Wildman–Crippen MR) is 127 cm³/mol. The van der Waals surface area contributed by atoms with E-state index in [2.05, 4.69) is 0 Å². The Morgan fingerprint density at radius 3 is 2.44 bits per heavy atom. The van der Waals surface area contributed by atoms with Gasteiger partial charge in [0.2, 0.25) is 6.29 Å². The number of benzene rings is 2. The van der Waals surface area contributed by atoms with Gasteiger partial charge in [0.15, 0.2) is 17.6 Å². The van der Waals surface area contributed by atoms with Crippen molar-refractivity contribution in [3.05, 3.63) is 59.7 Å². The van der Waals surface area contributed by atoms with E-state index in [1.807, 2.05) is 0 Å². The maximum absolute atomic E-state index is 12.5. The molecule has 194 valence electrons. The number of hydrogen-bond donors (Lipinski definition) is 4. The number of aromatic hydroxyl groups is 1. The number of rotatable bonds is 10. The summed E-state index contributed by atoms with van der Waals surface area (Å²) in [7, 11) is 1.39. The SMILES string of the molecule is COc1cc(/C=C/C(=O)O[C@H]2[C@H](Oc3ccc(CCC(C)=O)cc3)O[C@H](CO)[C@@H](O)[C@@H]2O)ccc1O. The van der Waals surface area contributed by atoms with Gasteiger partial charge in [0.25, 0.3) is 0 Å². The van der Waals surface area contributed by atoms with Gasteiger partial charge in [-0.1, -0.05) is 18.2 Å². The fourth-order valence-corrected chi connectivity index (χ4v) is 3.60. The number of carbonyl (C=O) groups is 2. The Morgan fingerprint density at radius 1 is 1.08 bits per heavy atom. The summed E-state index contributed by atoms with van der Waals surface area (Å²) < 4.78 is 21.8. The molecule has 3 rings (SSSR count). The zero-order valence-electron chi connectivity index (χ0n) is 19.9. The molecule has 5 atom stereocenters. The zero-order valence-corrected chi connectivity index (χ0v) is 19.9. The number of esters is 1. The molecule has 0 bridgehead atoms. The lowest BCUT2D eigenvalue weighted by Gasteiger charge is -2.41. The number of methoxy groups -OCH3 is 1. The molecule has 0 amide bonds. The van der Waals surface area contributed by atoms with Gasteiger partial charge in [-0.15, -0.1) is 0 Å². The highest BCUT2D eigenvalue weighted by Gasteiger charge is 2.47. The van der Waals surface area contributed by atoms with Gasteiger partial charge in [-0.25, -0.2) is 4.79 Å². The highest BCUT2D eigenvalue weighted by atomic mass is 16.7. The highest BCUT2D eigenvalue weighted by molar-refractivity contribution is 5.87. The van der Waals surface area contributed by atoms with E-state index < -0.39 is 43.3 Å². The fourth-order valence-electron chi connectivity index (χ4n) is 3.60. The Kier molecular flexibility index (Phi) is 9.43. The van der Waals surface area contributed by atoms with Crippen LogP contribution in [0.4, 0.5) is 0 Å². The molecule has 10 nitrogen and oxygen atoms in total. The number of phenols is 1. The first-order valence-corrected chi connectivity index (χ1v) is 11.3. The number of ketones is 1. The first-order chi connectivity index (χ1) is 17.2. The Balaban J connectivity index is 1.72. The lowest BCUT2D eigenvalue weighted by atomic mass is 9.99. The van der Waals surface area contributed by atoms with Crippen molar-refractivity contribution >= 4 is 17.8 Å². The normalized spacial score (nSPS) is 23.9. The summed E-state index contributed by atoms with van der Waals surface area (Å²) in [5, 5.41) is 40.1. The Bertz CT molecular complexity index is 1060. The number of aliphatic hydroxyl groups is 3. The monoisotopic (exact) mass is 502 g/mol. The maximum Gasteiger partial charge on any atom is 0.331 e. The summed E-state index contributed by atoms with van der Waals surface area (Å²) in [6.45, 7) is 0.929. The van der Waals surface area contributed by atoms with E-state index in [0.29, 0.717) is 24.2 Å². The molecular formula is C26H30O10. The van der Waals surface area contributed by atoms with Crippen molar-refractivity contribution in [1.82, 2.24) is 0 Å². The maximum atomic E-state index is 12.5. The lowest BCUT2D eigenvalue weighted by Crippen LogP contribution is -2.61. The molecule has 36 heavy (non-hydrogen) atoms. The average molecular weight is 503 g/mol. The second-order valence-corrected chi connectivity index (χ2v) is 8.34. The summed E-state index contributed by atoms with van der Waals surface area (Å²) >= 11 is 0. The van der Waals surface area contributed by atoms with Crippen LogP contribution in [0.1, 0.15) is 24.5 Å². The molecule has 1 aliphatic rings. The molecule has 4 N–H and O–H groups in total. The van der Waals surface area contributed by atoms with Crippen molar-refractivity contribution in [1.29, 1.82) is 0 Å². The molecule has 1 fully saturated rings. The van der Waals surface area contributed by atoms with Crippen LogP contribution in [0.15, 0.2) is 48.5 Å². The van der Waals surface area contributed by atoms with Crippen LogP contribution in [-0.4, -0.2) is 76.6 Å². The number of aryl methyl sites for hydroxylation is 1. The van der Waals surface area contributed by atoms with Crippen LogP contribution in [0.5, 0.6) is 17.2 Å². The van der Waals surface area contributed by atoms with Crippen LogP contribution < -0.4 is 9.47 Å². The van der Waals surface area contributed by atoms with Crippen molar-refractivity contribution in [2.24, 2.45) is 0 Å². The lowest BCUT2D eigenvalue weighted by molar-refractivity contribution is -0.281. The third kappa shape index (κ3) is 7.05. The third-order valence-corrected chi connectivity index (χ3v) is 5.63. The van der Waals surface area contributed by atoms with E-state index in [9.17, 15) is 30.0 Å². The predicted octanol–water partition coefficient (Wildman–Crippen LogP) is 1.37. The minimum Gasteiger partial charge on any atom is -0.504 e. The van der Waals surface area contributed by atoms with E-state index in [1.165, 1.54) is 32.2 Å². The Labute approximate surface area is 208 Å². The van der Waals surface area contributed by atoms with E-state index in [1.54, 1.807) is 30.3 Å². The second-order valence-electron chi connectivity index (χ2n) is 8.34. The van der Waals surface area contributed by atoms with Crippen LogP contribution in [-0.2, 0) is 25.5 Å². The van der Waals surface area contributed by atoms with Crippen molar-refractivity contribution in [2.75, 3.05) is 13.7 Å². The third-order valence-electron chi connectivity index (χ3n) is 5.63. The second kappa shape index (κ2) is 12.5. The summed E-state index contributed by atoms with van der Waals surface area (Å²) in [6.07, 6.45) is -3.50. The van der Waals surface area contributed by atoms with Gasteiger partial charge >= 0.3 is 5.97 Å². The largest absolute Gasteiger partial charge is 0.504 e. The first-order valence-electron chi connectivity index (χ1n) is 11.3. The number of Topliss-reactive ketones (excluding diaryl/α,β-unsaturated/α-hetero) is 1. The molecule has 2 aromatic carbocycles. The molecule has 1 saturated heterocycles. The molecule has 0 radical (unpaired) electrons. The minimum atomic E-state index is -1.60. The Hall–Kier alpha value is -3.44. The summed E-state index contributed by atoms with van der Waals surface area (Å²) in [5.41, 5.74) is 1.46. The molecule has 2 aromatic rings. The summed E-state index contributed by atoms with van der Waals surface area (Å²) in [6, 6.07) is 11.3. The molecule has 10 heteroatoms. The number of phenolic OH excluding ortho intramolecular Hbond substituents is 1. The molecule has 0 spiro atoms. The van der Waals surface area contributed by atoms with Crippen LogP contribution in [0.2, 0.25) is 0 Å². The van der Waals surface area contributed by atoms with E-state index in [0.717, 1.165) is 11.6 Å². The topological polar surface area (TPSA) is 152 Å². The Morgan fingerprint density at radius 2 is 1.81 bits per heavy atom. The van der Waals surface area contributed by atoms with Crippen LogP contribution in [0.25, 0.3) is 6.08 Å². The van der Waals surface area contributed by atoms with Gasteiger partial charge < -0.3 is 44.2 Å². The average Bonchev–Trinajstić information content (AvgIpc) is 2.87. The molecule has 0 unspecified atom stereocenters. The molecule has 1 heterocycles. The van der Waals surface area contributed by atoms with Crippen molar-refractivity contribution in [2.45, 2.75) is 50.5 Å². The number of carbonyl (C=O) groups excluding carboxylic acids is 2. The fraction of sp³-hybridized carbons (Fsp3) is 0.385. The van der Waals surface area contributed by atoms with Gasteiger partial charge in [-0.3, -0.25) is 0 Å². The van der Waals surface area contributed by atoms with Crippen molar-refractivity contribution < 1.29 is 49.0 Å². The first kappa shape index (κ1) is 27.2. The zero-order chi connectivity index (χ0) is 26.2. The molecule has 0 aromatic heterocycles. The number of hydrogen-bond acceptors (Lipinski definition) is 10. The molecule has 0 saturated carbocycles. The minimum absolute atomic E-state index is 0.0565. The van der Waals surface area contributed by atoms with E-state index in [-0.39, 0.29) is 17.3 Å². The molecule has 0 aliphatic carbocycles. The van der Waals surface area contributed by atoms with Crippen LogP contribution >= 0.6 is 0 Å². The molecule has 1 aliphatic heterocycles. The molecular weight excluding hydrogens is 472 g/mol. The van der Waals surface area contributed by atoms with E-state index >= 15 is 0 Å². The van der Waals surface area contributed by atoms with Crippen molar-refractivity contribution in [3.63, 3.8) is 0 Å². The smallest absolute Gasteiger partial charge is 0.331 e. The standard InChI is InChI=1S/C26H30O10/c1-15(28)3-4-16-5-9-18(10-6-16)34-26-25(24(32)23(31)21(14-27)35-26)36-22(30)12-8-17-7-11-19(29)20(13-17)33-2/h5-13,21,23-27,29,31-32H,3-4,14H2,1-2H3/b12-8+/t21-,23-,24+,25-,26-/m1/s1. The van der Waals surface area contributed by atoms with Crippen molar-refractivity contribution in [3.8, 4) is 17.2 Å². The van der Waals surface area contributed by atoms with Crippen LogP contribution in [0, 0.1) is 0 Å². The van der Waals surface area contributed by atoms with Gasteiger partial charge in [-0.05, 0) is 54.8 Å². The van der Waals surface area contributed by atoms with Crippen LogP contribution in [0.3, 0.4) is 0 Å². The summed E-state index contributed by atoms with van der Waals surface area (Å²) in [5.74, 6) is -0.270. The van der Waals surface area contributed by atoms with Gasteiger partial charge in [-0.2, -0.15) is 0 Å². The quantitative estimate of drug-likeness (QED) is 0.277. The number of aliphatic hydroxyl groups excluding tert-OH is 3. The van der Waals surface area contributed by atoms with E-state index in [4.69, 9.17) is 18.9 Å². The van der Waals surface area contributed by atoms with Gasteiger partial charge in [0.05, 0.1) is 13.7 Å². The summed E-state index contributed by atoms with van der Waals surface area (Å²) in [4.78, 5) is 23.7. The van der Waals surface area contributed by atoms with Gasteiger partial charge in [0, 0.05) is 12.5 Å². The number of ether oxygens (including phenoxy) is 4. The highest BCUT2D eigenvalue weighted by Crippen LogP contribution is 2.28.